The van der Waals surface area contributed by atoms with Crippen LogP contribution in [-0.2, 0) is 9.59 Å². The summed E-state index contributed by atoms with van der Waals surface area (Å²) in [4.78, 5) is 34.4. The second kappa shape index (κ2) is 20.6. The van der Waals surface area contributed by atoms with Crippen LogP contribution in [-0.4, -0.2) is 82.4 Å². The Labute approximate surface area is 231 Å². The molecule has 37 heavy (non-hydrogen) atoms. The molecule has 2 saturated heterocycles. The lowest BCUT2D eigenvalue weighted by molar-refractivity contribution is -0.143. The number of hydrogen-bond acceptors (Lipinski definition) is 7. The number of nitrogen functional groups attached to an aromatic ring is 1. The highest BCUT2D eigenvalue weighted by Gasteiger charge is 2.24. The molecule has 4 heterocycles. The first-order chi connectivity index (χ1) is 17.3. The summed E-state index contributed by atoms with van der Waals surface area (Å²) in [5, 5.41) is 11.7. The van der Waals surface area contributed by atoms with E-state index in [0.29, 0.717) is 5.69 Å². The Morgan fingerprint density at radius 3 is 1.89 bits per heavy atom. The standard InChI is InChI=1S/C12H17N3O.C7H13NO2.C5H6N2.CH2Cl2.CH4/c1-15-7-3-4-10(9-15)12(16)14-11-5-2-6-13-8-11;1-8-4-2-3-6(5-8)7(9)10;6-5-2-1-3-7-4-5;2-1-3;/h2,5-6,8,10H,3-4,7,9H2,1H3,(H,14,16);6H,2-5H2,1H3,(H,9,10);1-4H,6H2;1H2;1H4/t10-;6-;;;/m11.../s1. The number of anilines is 2. The van der Waals surface area contributed by atoms with Crippen LogP contribution in [0.25, 0.3) is 0 Å². The highest BCUT2D eigenvalue weighted by molar-refractivity contribution is 6.40. The first kappa shape index (κ1) is 34.5. The number of pyridine rings is 2. The molecule has 0 radical (unpaired) electrons. The van der Waals surface area contributed by atoms with E-state index in [1.165, 1.54) is 0 Å². The van der Waals surface area contributed by atoms with E-state index in [-0.39, 0.29) is 30.5 Å². The van der Waals surface area contributed by atoms with Crippen molar-refractivity contribution in [2.75, 3.05) is 56.7 Å². The topological polar surface area (TPSA) is 125 Å². The lowest BCUT2D eigenvalue weighted by Gasteiger charge is -2.28. The van der Waals surface area contributed by atoms with Gasteiger partial charge in [0.2, 0.25) is 5.91 Å². The summed E-state index contributed by atoms with van der Waals surface area (Å²) in [6, 6.07) is 7.28. The largest absolute Gasteiger partial charge is 0.481 e. The minimum Gasteiger partial charge on any atom is -0.481 e. The maximum absolute atomic E-state index is 11.9. The number of nitrogens with two attached hydrogens (primary N) is 1. The molecule has 2 fully saturated rings. The van der Waals surface area contributed by atoms with Crippen LogP contribution in [0.5, 0.6) is 0 Å². The predicted octanol–water partition coefficient (Wildman–Crippen LogP) is 4.50. The zero-order chi connectivity index (χ0) is 26.8. The minimum absolute atomic E-state index is 0. The first-order valence-electron chi connectivity index (χ1n) is 11.8. The van der Waals surface area contributed by atoms with Gasteiger partial charge in [0.15, 0.2) is 0 Å². The minimum atomic E-state index is -0.647. The fourth-order valence-corrected chi connectivity index (χ4v) is 3.81. The summed E-state index contributed by atoms with van der Waals surface area (Å²) < 4.78 is 0. The zero-order valence-corrected chi connectivity index (χ0v) is 22.5. The third kappa shape index (κ3) is 16.1. The van der Waals surface area contributed by atoms with Gasteiger partial charge in [-0.1, -0.05) is 7.43 Å². The molecule has 11 heteroatoms. The van der Waals surface area contributed by atoms with Crippen LogP contribution < -0.4 is 11.1 Å². The van der Waals surface area contributed by atoms with Crippen molar-refractivity contribution in [3.63, 3.8) is 0 Å². The van der Waals surface area contributed by atoms with Crippen molar-refractivity contribution < 1.29 is 14.7 Å². The number of nitrogens with zero attached hydrogens (tertiary/aromatic N) is 4. The van der Waals surface area contributed by atoms with Gasteiger partial charge in [0.25, 0.3) is 0 Å². The monoisotopic (exact) mass is 556 g/mol. The number of likely N-dealkylation sites (tertiary alicyclic amines) is 2. The van der Waals surface area contributed by atoms with Crippen LogP contribution >= 0.6 is 23.2 Å². The van der Waals surface area contributed by atoms with Crippen molar-refractivity contribution in [1.82, 2.24) is 19.8 Å². The molecule has 4 rings (SSSR count). The number of carbonyl (C=O) groups excluding carboxylic acids is 1. The predicted molar refractivity (Wildman–Crippen MR) is 153 cm³/mol. The van der Waals surface area contributed by atoms with Crippen molar-refractivity contribution in [2.24, 2.45) is 11.8 Å². The molecule has 2 aliphatic heterocycles. The summed E-state index contributed by atoms with van der Waals surface area (Å²) in [5.41, 5.74) is 6.78. The molecule has 2 aliphatic rings. The number of hydrogen-bond donors (Lipinski definition) is 3. The Bertz CT molecular complexity index is 864. The van der Waals surface area contributed by atoms with Crippen LogP contribution in [0, 0.1) is 11.8 Å². The summed E-state index contributed by atoms with van der Waals surface area (Å²) in [7, 11) is 4.03. The Hall–Kier alpha value is -2.46. The Kier molecular flexibility index (Phi) is 19.2. The number of carbonyl (C=O) groups is 2. The molecule has 2 atom stereocenters. The molecule has 4 N–H and O–H groups in total. The molecule has 0 saturated carbocycles. The van der Waals surface area contributed by atoms with Gasteiger partial charge in [-0.05, 0) is 77.1 Å². The van der Waals surface area contributed by atoms with Crippen LogP contribution in [0.1, 0.15) is 33.1 Å². The van der Waals surface area contributed by atoms with Crippen LogP contribution in [0.2, 0.25) is 0 Å². The normalized spacial score (nSPS) is 19.1. The first-order valence-corrected chi connectivity index (χ1v) is 12.9. The summed E-state index contributed by atoms with van der Waals surface area (Å²) in [6.07, 6.45) is 10.6. The third-order valence-electron chi connectivity index (χ3n) is 5.58. The van der Waals surface area contributed by atoms with Gasteiger partial charge in [0, 0.05) is 31.7 Å². The van der Waals surface area contributed by atoms with E-state index in [1.807, 2.05) is 19.2 Å². The Balaban J connectivity index is 0.000000530. The Morgan fingerprint density at radius 1 is 1.00 bits per heavy atom. The smallest absolute Gasteiger partial charge is 0.307 e. The van der Waals surface area contributed by atoms with Crippen molar-refractivity contribution >= 4 is 46.5 Å². The molecular formula is C26H42Cl2N6O3. The number of piperidine rings is 2. The van der Waals surface area contributed by atoms with Gasteiger partial charge in [0.05, 0.1) is 34.7 Å². The molecule has 0 unspecified atom stereocenters. The number of amides is 1. The lowest BCUT2D eigenvalue weighted by atomic mass is 9.97. The average Bonchev–Trinajstić information content (AvgIpc) is 2.86. The van der Waals surface area contributed by atoms with Gasteiger partial charge in [0.1, 0.15) is 0 Å². The Morgan fingerprint density at radius 2 is 1.51 bits per heavy atom. The maximum Gasteiger partial charge on any atom is 0.307 e. The van der Waals surface area contributed by atoms with Crippen molar-refractivity contribution in [2.45, 2.75) is 33.1 Å². The third-order valence-corrected chi connectivity index (χ3v) is 5.58. The zero-order valence-electron chi connectivity index (χ0n) is 21.0. The molecule has 0 bridgehead atoms. The van der Waals surface area contributed by atoms with E-state index in [9.17, 15) is 9.59 Å². The lowest BCUT2D eigenvalue weighted by Crippen LogP contribution is -2.38. The number of alkyl halides is 2. The number of rotatable bonds is 3. The van der Waals surface area contributed by atoms with Gasteiger partial charge in [-0.3, -0.25) is 19.6 Å². The van der Waals surface area contributed by atoms with E-state index < -0.39 is 5.97 Å². The fourth-order valence-electron chi connectivity index (χ4n) is 3.81. The summed E-state index contributed by atoms with van der Waals surface area (Å²) >= 11 is 9.53. The molecule has 0 aromatic carbocycles. The molecule has 9 nitrogen and oxygen atoms in total. The highest BCUT2D eigenvalue weighted by atomic mass is 35.5. The number of carboxylic acid groups (broad SMARTS) is 1. The second-order valence-corrected chi connectivity index (χ2v) is 9.47. The van der Waals surface area contributed by atoms with Gasteiger partial charge in [-0.15, -0.1) is 23.2 Å². The van der Waals surface area contributed by atoms with Gasteiger partial charge < -0.3 is 26.0 Å². The van der Waals surface area contributed by atoms with Crippen LogP contribution in [0.15, 0.2) is 49.1 Å². The van der Waals surface area contributed by atoms with E-state index >= 15 is 0 Å². The fraction of sp³-hybridized carbons (Fsp3) is 0.538. The van der Waals surface area contributed by atoms with Gasteiger partial charge in [-0.25, -0.2) is 0 Å². The number of nitrogens with one attached hydrogen (secondary N) is 1. The van der Waals surface area contributed by atoms with Crippen LogP contribution in [0.3, 0.4) is 0 Å². The van der Waals surface area contributed by atoms with Gasteiger partial charge >= 0.3 is 5.97 Å². The van der Waals surface area contributed by atoms with Crippen molar-refractivity contribution in [3.05, 3.63) is 49.1 Å². The highest BCUT2D eigenvalue weighted by Crippen LogP contribution is 2.17. The SMILES string of the molecule is C.CN1CCC[C@@H](C(=O)Nc2cccnc2)C1.CN1CCC[C@@H](C(=O)O)C1.ClCCl.Nc1cccnc1. The molecule has 0 spiro atoms. The van der Waals surface area contributed by atoms with Gasteiger partial charge in [-0.2, -0.15) is 0 Å². The number of halogens is 2. The number of carboxylic acids is 1. The molecular weight excluding hydrogens is 515 g/mol. The average molecular weight is 558 g/mol. The number of aliphatic carboxylic acids is 1. The van der Waals surface area contributed by atoms with Crippen molar-refractivity contribution in [1.29, 1.82) is 0 Å². The second-order valence-electron chi connectivity index (χ2n) is 8.66. The number of aromatic nitrogens is 2. The quantitative estimate of drug-likeness (QED) is 0.472. The summed E-state index contributed by atoms with van der Waals surface area (Å²) in [5.74, 6) is -0.552. The summed E-state index contributed by atoms with van der Waals surface area (Å²) in [6.45, 7) is 3.71. The maximum atomic E-state index is 11.9. The van der Waals surface area contributed by atoms with Crippen molar-refractivity contribution in [3.8, 4) is 0 Å². The molecule has 2 aromatic heterocycles. The van der Waals surface area contributed by atoms with E-state index in [4.69, 9.17) is 34.0 Å². The molecule has 208 valence electrons. The van der Waals surface area contributed by atoms with E-state index in [1.54, 1.807) is 36.9 Å². The van der Waals surface area contributed by atoms with E-state index in [2.05, 4.69) is 32.1 Å². The molecule has 0 aliphatic carbocycles. The van der Waals surface area contributed by atoms with Crippen LogP contribution in [0.4, 0.5) is 11.4 Å². The molecule has 1 amide bonds. The van der Waals surface area contributed by atoms with E-state index in [0.717, 1.165) is 57.5 Å². The molecule has 2 aromatic rings.